The smallest absolute Gasteiger partial charge is 0.308 e. The largest absolute Gasteiger partial charge is 0.466 e. The molecule has 120 valence electrons. The van der Waals surface area contributed by atoms with Crippen molar-refractivity contribution >= 4 is 18.1 Å². The maximum absolute atomic E-state index is 11.6. The molecule has 0 bridgehead atoms. The fourth-order valence-corrected chi connectivity index (χ4v) is 2.38. The first-order chi connectivity index (χ1) is 11.1. The van der Waals surface area contributed by atoms with Crippen molar-refractivity contribution < 1.29 is 14.6 Å². The second kappa shape index (κ2) is 8.30. The van der Waals surface area contributed by atoms with E-state index in [1.165, 1.54) is 0 Å². The number of aliphatic hydroxyl groups excluding tert-OH is 1. The molecule has 2 aromatic carbocycles. The first-order valence-corrected chi connectivity index (χ1v) is 7.77. The minimum Gasteiger partial charge on any atom is -0.466 e. The summed E-state index contributed by atoms with van der Waals surface area (Å²) in [6.07, 6.45) is 3.05. The van der Waals surface area contributed by atoms with E-state index < -0.39 is 12.1 Å². The molecule has 1 atom stereocenters. The predicted octanol–water partition coefficient (Wildman–Crippen LogP) is 4.15. The zero-order valence-corrected chi connectivity index (χ0v) is 13.5. The molecule has 0 aromatic heterocycles. The minimum atomic E-state index is -0.870. The van der Waals surface area contributed by atoms with E-state index >= 15 is 0 Å². The molecule has 0 aliphatic heterocycles. The molecular formula is C20H22O3. The van der Waals surface area contributed by atoms with Gasteiger partial charge in [0.25, 0.3) is 0 Å². The van der Waals surface area contributed by atoms with E-state index in [-0.39, 0.29) is 6.42 Å². The first-order valence-electron chi connectivity index (χ1n) is 7.77. The van der Waals surface area contributed by atoms with Crippen LogP contribution in [0.4, 0.5) is 0 Å². The molecular weight excluding hydrogens is 288 g/mol. The van der Waals surface area contributed by atoms with Crippen LogP contribution in [0.5, 0.6) is 0 Å². The molecule has 0 aliphatic carbocycles. The van der Waals surface area contributed by atoms with Gasteiger partial charge in [0.1, 0.15) is 0 Å². The molecule has 0 radical (unpaired) electrons. The Balaban J connectivity index is 2.23. The van der Waals surface area contributed by atoms with Gasteiger partial charge < -0.3 is 9.84 Å². The fraction of sp³-hybridized carbons (Fsp3) is 0.250. The quantitative estimate of drug-likeness (QED) is 0.644. The highest BCUT2D eigenvalue weighted by Crippen LogP contribution is 2.24. The zero-order valence-electron chi connectivity index (χ0n) is 13.5. The number of rotatable bonds is 6. The van der Waals surface area contributed by atoms with Gasteiger partial charge in [0.2, 0.25) is 0 Å². The van der Waals surface area contributed by atoms with Gasteiger partial charge in [-0.25, -0.2) is 0 Å². The van der Waals surface area contributed by atoms with E-state index in [2.05, 4.69) is 0 Å². The normalized spacial score (nSPS) is 12.3. The van der Waals surface area contributed by atoms with E-state index in [9.17, 15) is 9.90 Å². The predicted molar refractivity (Wildman–Crippen MR) is 92.8 cm³/mol. The van der Waals surface area contributed by atoms with Gasteiger partial charge in [0.05, 0.1) is 19.1 Å². The van der Waals surface area contributed by atoms with Gasteiger partial charge >= 0.3 is 5.97 Å². The molecule has 1 unspecified atom stereocenters. The molecule has 0 amide bonds. The molecule has 2 rings (SSSR count). The lowest BCUT2D eigenvalue weighted by Gasteiger charge is -2.14. The van der Waals surface area contributed by atoms with Crippen LogP contribution in [0.3, 0.4) is 0 Å². The number of carbonyl (C=O) groups is 1. The van der Waals surface area contributed by atoms with E-state index in [4.69, 9.17) is 4.74 Å². The molecule has 0 spiro atoms. The van der Waals surface area contributed by atoms with E-state index in [0.29, 0.717) is 6.61 Å². The second-order valence-electron chi connectivity index (χ2n) is 5.40. The summed E-state index contributed by atoms with van der Waals surface area (Å²) in [5.74, 6) is -0.390. The Kier molecular flexibility index (Phi) is 6.12. The Hall–Kier alpha value is -2.39. The molecule has 1 N–H and O–H groups in total. The van der Waals surface area contributed by atoms with Crippen molar-refractivity contribution in [2.75, 3.05) is 6.61 Å². The lowest BCUT2D eigenvalue weighted by molar-refractivity contribution is -0.145. The summed E-state index contributed by atoms with van der Waals surface area (Å²) in [7, 11) is 0. The summed E-state index contributed by atoms with van der Waals surface area (Å²) in [6.45, 7) is 4.08. The average Bonchev–Trinajstić information content (AvgIpc) is 2.54. The second-order valence-corrected chi connectivity index (χ2v) is 5.40. The summed E-state index contributed by atoms with van der Waals surface area (Å²) in [4.78, 5) is 11.6. The number of carbonyl (C=O) groups excluding carboxylic acids is 1. The van der Waals surface area contributed by atoms with Crippen molar-refractivity contribution in [2.45, 2.75) is 26.4 Å². The summed E-state index contributed by atoms with van der Waals surface area (Å²) in [6, 6.07) is 15.8. The summed E-state index contributed by atoms with van der Waals surface area (Å²) in [5, 5.41) is 10.4. The number of hydrogen-bond donors (Lipinski definition) is 1. The number of ether oxygens (including phenoxy) is 1. The van der Waals surface area contributed by atoms with Gasteiger partial charge in [-0.1, -0.05) is 66.2 Å². The lowest BCUT2D eigenvalue weighted by atomic mass is 9.97. The maximum atomic E-state index is 11.6. The SMILES string of the molecule is CCOC(=O)CC(O)c1ccc(C)cc1/C=C/c1ccccc1. The molecule has 0 heterocycles. The van der Waals surface area contributed by atoms with Crippen LogP contribution < -0.4 is 0 Å². The number of benzene rings is 2. The van der Waals surface area contributed by atoms with Crippen LogP contribution in [0.25, 0.3) is 12.2 Å². The molecule has 0 fully saturated rings. The molecule has 0 saturated carbocycles. The van der Waals surface area contributed by atoms with E-state index in [0.717, 1.165) is 22.3 Å². The Morgan fingerprint density at radius 1 is 1.17 bits per heavy atom. The van der Waals surface area contributed by atoms with Crippen LogP contribution in [0.1, 0.15) is 41.7 Å². The van der Waals surface area contributed by atoms with Crippen LogP contribution in [-0.2, 0) is 9.53 Å². The number of hydrogen-bond acceptors (Lipinski definition) is 3. The summed E-state index contributed by atoms with van der Waals surface area (Å²) >= 11 is 0. The van der Waals surface area contributed by atoms with Crippen molar-refractivity contribution in [3.05, 3.63) is 70.8 Å². The average molecular weight is 310 g/mol. The van der Waals surface area contributed by atoms with Crippen molar-refractivity contribution in [1.82, 2.24) is 0 Å². The Morgan fingerprint density at radius 2 is 1.91 bits per heavy atom. The molecule has 0 aliphatic rings. The van der Waals surface area contributed by atoms with Gasteiger partial charge in [0.15, 0.2) is 0 Å². The van der Waals surface area contributed by atoms with Crippen molar-refractivity contribution in [1.29, 1.82) is 0 Å². The van der Waals surface area contributed by atoms with Crippen molar-refractivity contribution in [2.24, 2.45) is 0 Å². The summed E-state index contributed by atoms with van der Waals surface area (Å²) < 4.78 is 4.91. The van der Waals surface area contributed by atoms with Crippen LogP contribution in [-0.4, -0.2) is 17.7 Å². The van der Waals surface area contributed by atoms with Crippen molar-refractivity contribution in [3.63, 3.8) is 0 Å². The van der Waals surface area contributed by atoms with Gasteiger partial charge in [-0.2, -0.15) is 0 Å². The Bertz CT molecular complexity index is 675. The minimum absolute atomic E-state index is 0.0386. The highest BCUT2D eigenvalue weighted by molar-refractivity contribution is 5.73. The van der Waals surface area contributed by atoms with Gasteiger partial charge in [-0.05, 0) is 30.5 Å². The first kappa shape index (κ1) is 17.0. The monoisotopic (exact) mass is 310 g/mol. The number of aryl methyl sites for hydroxylation is 1. The maximum Gasteiger partial charge on any atom is 0.308 e. The lowest BCUT2D eigenvalue weighted by Crippen LogP contribution is -2.11. The van der Waals surface area contributed by atoms with Crippen LogP contribution in [0, 0.1) is 6.92 Å². The van der Waals surface area contributed by atoms with E-state index in [1.54, 1.807) is 6.92 Å². The highest BCUT2D eigenvalue weighted by atomic mass is 16.5. The molecule has 3 heteroatoms. The number of esters is 1. The molecule has 0 saturated heterocycles. The van der Waals surface area contributed by atoms with Crippen LogP contribution >= 0.6 is 0 Å². The molecule has 2 aromatic rings. The molecule has 23 heavy (non-hydrogen) atoms. The summed E-state index contributed by atoms with van der Waals surface area (Å²) in [5.41, 5.74) is 3.83. The Morgan fingerprint density at radius 3 is 2.61 bits per heavy atom. The topological polar surface area (TPSA) is 46.5 Å². The fourth-order valence-electron chi connectivity index (χ4n) is 2.38. The molecule has 3 nitrogen and oxygen atoms in total. The van der Waals surface area contributed by atoms with Gasteiger partial charge in [-0.3, -0.25) is 4.79 Å². The van der Waals surface area contributed by atoms with Gasteiger partial charge in [0, 0.05) is 0 Å². The van der Waals surface area contributed by atoms with Crippen LogP contribution in [0.2, 0.25) is 0 Å². The zero-order chi connectivity index (χ0) is 16.7. The Labute approximate surface area is 137 Å². The van der Waals surface area contributed by atoms with Crippen LogP contribution in [0.15, 0.2) is 48.5 Å². The standard InChI is InChI=1S/C20H22O3/c1-3-23-20(22)14-19(21)18-12-9-15(2)13-17(18)11-10-16-7-5-4-6-8-16/h4-13,19,21H,3,14H2,1-2H3/b11-10+. The van der Waals surface area contributed by atoms with Crippen molar-refractivity contribution in [3.8, 4) is 0 Å². The third-order valence-electron chi connectivity index (χ3n) is 3.52. The highest BCUT2D eigenvalue weighted by Gasteiger charge is 2.16. The van der Waals surface area contributed by atoms with E-state index in [1.807, 2.05) is 67.6 Å². The van der Waals surface area contributed by atoms with Gasteiger partial charge in [-0.15, -0.1) is 0 Å². The third-order valence-corrected chi connectivity index (χ3v) is 3.52. The number of aliphatic hydroxyl groups is 1. The third kappa shape index (κ3) is 5.08.